The fourth-order valence-electron chi connectivity index (χ4n) is 1.22. The first-order valence-corrected chi connectivity index (χ1v) is 5.34. The van der Waals surface area contributed by atoms with Crippen LogP contribution in [0.15, 0.2) is 18.2 Å². The molecule has 5 heteroatoms. The average Bonchev–Trinajstić information content (AvgIpc) is 2.24. The molecular weight excluding hydrogens is 202 g/mol. The van der Waals surface area contributed by atoms with Crippen LogP contribution in [-0.2, 0) is 13.1 Å². The van der Waals surface area contributed by atoms with Gasteiger partial charge in [0.15, 0.2) is 5.96 Å². The van der Waals surface area contributed by atoms with E-state index in [2.05, 4.69) is 29.5 Å². The second-order valence-corrected chi connectivity index (χ2v) is 3.92. The number of nitrogens with two attached hydrogens (primary N) is 1. The summed E-state index contributed by atoms with van der Waals surface area (Å²) in [4.78, 5) is 4.44. The van der Waals surface area contributed by atoms with E-state index in [1.165, 1.54) is 0 Å². The molecule has 1 aromatic rings. The predicted octanol–water partition coefficient (Wildman–Crippen LogP) is 0.563. The molecule has 5 nitrogen and oxygen atoms in total. The van der Waals surface area contributed by atoms with Crippen molar-refractivity contribution >= 4 is 5.96 Å². The van der Waals surface area contributed by atoms with Gasteiger partial charge in [0.2, 0.25) is 0 Å². The Morgan fingerprint density at radius 1 is 1.38 bits per heavy atom. The van der Waals surface area contributed by atoms with Gasteiger partial charge in [-0.2, -0.15) is 0 Å². The van der Waals surface area contributed by atoms with E-state index in [1.807, 2.05) is 18.2 Å². The van der Waals surface area contributed by atoms with E-state index in [-0.39, 0.29) is 5.96 Å². The minimum Gasteiger partial charge on any atom is -0.370 e. The Morgan fingerprint density at radius 2 is 2.00 bits per heavy atom. The standard InChI is InChI=1S/C11H19N5/c1-8(2)14-6-9-4-3-5-10(16-9)7-15-11(12)13/h3-5,8,14H,6-7H2,1-2H3,(H4,12,13,15). The molecular formula is C11H19N5. The highest BCUT2D eigenvalue weighted by Gasteiger charge is 1.99. The molecule has 1 aromatic heterocycles. The van der Waals surface area contributed by atoms with Gasteiger partial charge in [-0.3, -0.25) is 10.4 Å². The quantitative estimate of drug-likeness (QED) is 0.432. The van der Waals surface area contributed by atoms with Crippen LogP contribution in [0.1, 0.15) is 25.2 Å². The number of pyridine rings is 1. The van der Waals surface area contributed by atoms with E-state index >= 15 is 0 Å². The van der Waals surface area contributed by atoms with Gasteiger partial charge in [0, 0.05) is 12.6 Å². The van der Waals surface area contributed by atoms with Crippen molar-refractivity contribution in [1.29, 1.82) is 5.41 Å². The zero-order chi connectivity index (χ0) is 12.0. The first kappa shape index (κ1) is 12.4. The van der Waals surface area contributed by atoms with Crippen LogP contribution in [0, 0.1) is 5.41 Å². The highest BCUT2D eigenvalue weighted by Crippen LogP contribution is 1.99. The van der Waals surface area contributed by atoms with Crippen molar-refractivity contribution in [2.45, 2.75) is 33.0 Å². The Hall–Kier alpha value is -1.62. The van der Waals surface area contributed by atoms with Crippen LogP contribution in [0.5, 0.6) is 0 Å². The maximum atomic E-state index is 7.06. The third kappa shape index (κ3) is 4.75. The largest absolute Gasteiger partial charge is 0.370 e. The van der Waals surface area contributed by atoms with E-state index < -0.39 is 0 Å². The average molecular weight is 221 g/mol. The third-order valence-corrected chi connectivity index (χ3v) is 2.02. The Kier molecular flexibility index (Phi) is 4.72. The highest BCUT2D eigenvalue weighted by atomic mass is 15.0. The molecule has 0 bridgehead atoms. The Bertz CT molecular complexity index is 348. The normalized spacial score (nSPS) is 10.4. The van der Waals surface area contributed by atoms with Gasteiger partial charge in [0.05, 0.1) is 17.9 Å². The molecule has 88 valence electrons. The molecule has 0 aromatic carbocycles. The van der Waals surface area contributed by atoms with Gasteiger partial charge in [-0.1, -0.05) is 19.9 Å². The topological polar surface area (TPSA) is 86.8 Å². The summed E-state index contributed by atoms with van der Waals surface area (Å²) in [6.45, 7) is 5.44. The summed E-state index contributed by atoms with van der Waals surface area (Å²) in [5, 5.41) is 13.1. The van der Waals surface area contributed by atoms with Crippen molar-refractivity contribution < 1.29 is 0 Å². The molecule has 0 fully saturated rings. The van der Waals surface area contributed by atoms with Crippen molar-refractivity contribution in [2.75, 3.05) is 0 Å². The van der Waals surface area contributed by atoms with Crippen LogP contribution in [0.25, 0.3) is 0 Å². The zero-order valence-electron chi connectivity index (χ0n) is 9.75. The van der Waals surface area contributed by atoms with Gasteiger partial charge in [-0.15, -0.1) is 0 Å². The summed E-state index contributed by atoms with van der Waals surface area (Å²) in [5.74, 6) is -0.0347. The minimum absolute atomic E-state index is 0.0347. The zero-order valence-corrected chi connectivity index (χ0v) is 9.75. The lowest BCUT2D eigenvalue weighted by Crippen LogP contribution is -2.30. The summed E-state index contributed by atoms with van der Waals surface area (Å²) in [7, 11) is 0. The Balaban J connectivity index is 2.53. The summed E-state index contributed by atoms with van der Waals surface area (Å²) >= 11 is 0. The van der Waals surface area contributed by atoms with Crippen molar-refractivity contribution in [3.63, 3.8) is 0 Å². The van der Waals surface area contributed by atoms with E-state index in [1.54, 1.807) is 0 Å². The number of hydrogen-bond acceptors (Lipinski definition) is 3. The van der Waals surface area contributed by atoms with E-state index in [0.29, 0.717) is 12.6 Å². The van der Waals surface area contributed by atoms with Gasteiger partial charge in [0.1, 0.15) is 0 Å². The molecule has 0 aliphatic carbocycles. The summed E-state index contributed by atoms with van der Waals surface area (Å²) in [6, 6.07) is 6.30. The summed E-state index contributed by atoms with van der Waals surface area (Å²) in [5.41, 5.74) is 7.09. The molecule has 0 atom stereocenters. The highest BCUT2D eigenvalue weighted by molar-refractivity contribution is 5.74. The molecule has 0 unspecified atom stereocenters. The number of nitrogens with zero attached hydrogens (tertiary/aromatic N) is 1. The summed E-state index contributed by atoms with van der Waals surface area (Å²) < 4.78 is 0. The van der Waals surface area contributed by atoms with Crippen molar-refractivity contribution in [2.24, 2.45) is 5.73 Å². The van der Waals surface area contributed by atoms with Gasteiger partial charge < -0.3 is 16.4 Å². The van der Waals surface area contributed by atoms with E-state index in [4.69, 9.17) is 11.1 Å². The molecule has 16 heavy (non-hydrogen) atoms. The van der Waals surface area contributed by atoms with Crippen LogP contribution in [0.4, 0.5) is 0 Å². The minimum atomic E-state index is -0.0347. The maximum absolute atomic E-state index is 7.06. The maximum Gasteiger partial charge on any atom is 0.186 e. The molecule has 0 aliphatic heterocycles. The lowest BCUT2D eigenvalue weighted by molar-refractivity contribution is 0.580. The van der Waals surface area contributed by atoms with Crippen LogP contribution in [0.3, 0.4) is 0 Å². The smallest absolute Gasteiger partial charge is 0.186 e. The molecule has 1 rings (SSSR count). The third-order valence-electron chi connectivity index (χ3n) is 2.02. The van der Waals surface area contributed by atoms with Crippen molar-refractivity contribution in [3.05, 3.63) is 29.6 Å². The van der Waals surface area contributed by atoms with Gasteiger partial charge in [-0.05, 0) is 12.1 Å². The van der Waals surface area contributed by atoms with E-state index in [9.17, 15) is 0 Å². The second-order valence-electron chi connectivity index (χ2n) is 3.92. The summed E-state index contributed by atoms with van der Waals surface area (Å²) in [6.07, 6.45) is 0. The Labute approximate surface area is 96.0 Å². The predicted molar refractivity (Wildman–Crippen MR) is 65.0 cm³/mol. The number of guanidine groups is 1. The van der Waals surface area contributed by atoms with Crippen molar-refractivity contribution in [1.82, 2.24) is 15.6 Å². The molecule has 0 aliphatic rings. The molecule has 0 amide bonds. The van der Waals surface area contributed by atoms with E-state index in [0.717, 1.165) is 17.9 Å². The molecule has 0 saturated heterocycles. The van der Waals surface area contributed by atoms with Gasteiger partial charge >= 0.3 is 0 Å². The number of hydrogen-bond donors (Lipinski definition) is 4. The van der Waals surface area contributed by atoms with Crippen LogP contribution >= 0.6 is 0 Å². The van der Waals surface area contributed by atoms with Gasteiger partial charge in [-0.25, -0.2) is 0 Å². The number of rotatable bonds is 5. The molecule has 5 N–H and O–H groups in total. The second kappa shape index (κ2) is 6.07. The van der Waals surface area contributed by atoms with Crippen LogP contribution in [0.2, 0.25) is 0 Å². The number of aromatic nitrogens is 1. The molecule has 1 heterocycles. The molecule has 0 saturated carbocycles. The Morgan fingerprint density at radius 3 is 2.56 bits per heavy atom. The van der Waals surface area contributed by atoms with Gasteiger partial charge in [0.25, 0.3) is 0 Å². The fraction of sp³-hybridized carbons (Fsp3) is 0.455. The molecule has 0 radical (unpaired) electrons. The van der Waals surface area contributed by atoms with Crippen molar-refractivity contribution in [3.8, 4) is 0 Å². The first-order chi connectivity index (χ1) is 7.58. The molecule has 0 spiro atoms. The van der Waals surface area contributed by atoms with Crippen LogP contribution < -0.4 is 16.4 Å². The fourth-order valence-corrected chi connectivity index (χ4v) is 1.22. The monoisotopic (exact) mass is 221 g/mol. The first-order valence-electron chi connectivity index (χ1n) is 5.34. The number of nitrogens with one attached hydrogen (secondary N) is 3. The lowest BCUT2D eigenvalue weighted by atomic mass is 10.3. The lowest BCUT2D eigenvalue weighted by Gasteiger charge is -2.09. The SMILES string of the molecule is CC(C)NCc1cccc(CNC(=N)N)n1. The van der Waals surface area contributed by atoms with Crippen LogP contribution in [-0.4, -0.2) is 17.0 Å².